The molecule has 0 nitrogen and oxygen atoms in total. The van der Waals surface area contributed by atoms with E-state index in [1.54, 1.807) is 5.30 Å². The Balaban J connectivity index is 3.05. The first-order chi connectivity index (χ1) is 8.06. The third kappa shape index (κ3) is 4.39. The zero-order chi connectivity index (χ0) is 14.0. The van der Waals surface area contributed by atoms with Gasteiger partial charge >= 0.3 is 122 Å². The Kier molecular flexibility index (Phi) is 5.61. The molecule has 0 aliphatic rings. The van der Waals surface area contributed by atoms with Gasteiger partial charge in [0.05, 0.1) is 0 Å². The summed E-state index contributed by atoms with van der Waals surface area (Å²) >= 11 is -2.19. The minimum atomic E-state index is -2.19. The van der Waals surface area contributed by atoms with E-state index in [-0.39, 0.29) is 0 Å². The van der Waals surface area contributed by atoms with Crippen LogP contribution in [0.25, 0.3) is 0 Å². The van der Waals surface area contributed by atoms with Gasteiger partial charge in [0.15, 0.2) is 0 Å². The number of hydrogen-bond donors (Lipinski definition) is 0. The summed E-state index contributed by atoms with van der Waals surface area (Å²) in [5, 5.41) is 1.92. The minimum absolute atomic E-state index is 0.363. The summed E-state index contributed by atoms with van der Waals surface area (Å²) in [6.45, 7) is 9.69. The molecular formula is C15H27ClPSn+. The van der Waals surface area contributed by atoms with Crippen LogP contribution in [0.3, 0.4) is 0 Å². The fourth-order valence-corrected chi connectivity index (χ4v) is 15.7. The quantitative estimate of drug-likeness (QED) is 0.488. The van der Waals surface area contributed by atoms with Crippen LogP contribution in [0.4, 0.5) is 0 Å². The van der Waals surface area contributed by atoms with E-state index in [4.69, 9.17) is 8.92 Å². The number of rotatable bonds is 4. The molecule has 0 aliphatic carbocycles. The first kappa shape index (κ1) is 16.8. The predicted molar refractivity (Wildman–Crippen MR) is 91.7 cm³/mol. The predicted octanol–water partition coefficient (Wildman–Crippen LogP) is 5.20. The molecule has 1 aromatic carbocycles. The number of benzene rings is 1. The molecular weight excluding hydrogens is 365 g/mol. The topological polar surface area (TPSA) is 0 Å². The molecule has 1 rings (SSSR count). The van der Waals surface area contributed by atoms with Crippen LogP contribution in [0.15, 0.2) is 30.3 Å². The molecule has 1 atom stereocenters. The molecule has 0 fully saturated rings. The second-order valence-electron chi connectivity index (χ2n) is 6.89. The molecule has 1 unspecified atom stereocenters. The molecule has 0 aliphatic heterocycles. The summed E-state index contributed by atoms with van der Waals surface area (Å²) in [4.78, 5) is 4.66. The van der Waals surface area contributed by atoms with Crippen molar-refractivity contribution in [3.05, 3.63) is 30.3 Å². The molecule has 102 valence electrons. The Morgan fingerprint density at radius 1 is 1.11 bits per heavy atom. The van der Waals surface area contributed by atoms with Gasteiger partial charge in [-0.3, -0.25) is 0 Å². The Morgan fingerprint density at radius 3 is 2.00 bits per heavy atom. The van der Waals surface area contributed by atoms with Crippen molar-refractivity contribution < 1.29 is 0 Å². The van der Waals surface area contributed by atoms with Crippen molar-refractivity contribution in [2.45, 2.75) is 40.2 Å². The van der Waals surface area contributed by atoms with E-state index < -0.39 is 24.5 Å². The second-order valence-corrected chi connectivity index (χ2v) is 29.7. The summed E-state index contributed by atoms with van der Waals surface area (Å²) < 4.78 is 1.28. The van der Waals surface area contributed by atoms with Gasteiger partial charge in [-0.2, -0.15) is 0 Å². The van der Waals surface area contributed by atoms with Gasteiger partial charge in [0.2, 0.25) is 0 Å². The third-order valence-corrected chi connectivity index (χ3v) is 16.1. The summed E-state index contributed by atoms with van der Waals surface area (Å²) in [6.07, 6.45) is 1.31. The van der Waals surface area contributed by atoms with Gasteiger partial charge in [0, 0.05) is 0 Å². The molecule has 0 saturated heterocycles. The monoisotopic (exact) mass is 393 g/mol. The zero-order valence-corrected chi connectivity index (χ0v) is 17.1. The van der Waals surface area contributed by atoms with Crippen LogP contribution in [-0.2, 0) is 0 Å². The maximum absolute atomic E-state index is 6.60. The van der Waals surface area contributed by atoms with Gasteiger partial charge in [-0.25, -0.2) is 0 Å². The van der Waals surface area contributed by atoms with Gasteiger partial charge in [0.25, 0.3) is 0 Å². The van der Waals surface area contributed by atoms with E-state index in [1.165, 1.54) is 10.6 Å². The van der Waals surface area contributed by atoms with Crippen LogP contribution in [-0.4, -0.2) is 35.2 Å². The van der Waals surface area contributed by atoms with E-state index in [0.717, 1.165) is 0 Å². The Hall–Kier alpha value is 0.739. The summed E-state index contributed by atoms with van der Waals surface area (Å²) in [5.41, 5.74) is 0. The fraction of sp³-hybridized carbons (Fsp3) is 0.600. The molecule has 3 heteroatoms. The Morgan fingerprint density at radius 2 is 1.61 bits per heavy atom. The Labute approximate surface area is 121 Å². The molecule has 0 heterocycles. The average Bonchev–Trinajstić information content (AvgIpc) is 2.24. The van der Waals surface area contributed by atoms with Gasteiger partial charge < -0.3 is 0 Å². The van der Waals surface area contributed by atoms with Crippen molar-refractivity contribution in [2.75, 3.05) is 12.8 Å². The van der Waals surface area contributed by atoms with Crippen molar-refractivity contribution in [1.82, 2.24) is 0 Å². The standard InChI is InChI=1S/C13H21P.2CH3.ClH.Sn/c1-6-14(5,13(2,3)4)12-10-8-7-9-11-12;;;;/h7-11H,1,6H2,2-5H3;2*1H3;1H;/q+1;;;;+1/p-1. The SMILES string of the molecule is CC(C)(C)[P+](C)(C[CH2][Sn]([CH3])([CH3])[Cl])c1ccccc1. The van der Waals surface area contributed by atoms with Crippen molar-refractivity contribution in [3.8, 4) is 0 Å². The van der Waals surface area contributed by atoms with Gasteiger partial charge in [-0.1, -0.05) is 0 Å². The van der Waals surface area contributed by atoms with E-state index >= 15 is 0 Å². The fourth-order valence-electron chi connectivity index (χ4n) is 2.10. The molecule has 18 heavy (non-hydrogen) atoms. The Bertz CT molecular complexity index is 378. The van der Waals surface area contributed by atoms with E-state index in [1.807, 2.05) is 0 Å². The molecule has 0 aromatic heterocycles. The van der Waals surface area contributed by atoms with E-state index in [0.29, 0.717) is 5.16 Å². The molecule has 0 bridgehead atoms. The third-order valence-electron chi connectivity index (χ3n) is 3.96. The molecule has 0 amide bonds. The van der Waals surface area contributed by atoms with E-state index in [2.05, 4.69) is 67.6 Å². The molecule has 0 spiro atoms. The van der Waals surface area contributed by atoms with Crippen LogP contribution >= 0.6 is 16.2 Å². The number of hydrogen-bond acceptors (Lipinski definition) is 0. The van der Waals surface area contributed by atoms with Gasteiger partial charge in [0.1, 0.15) is 0 Å². The molecule has 0 radical (unpaired) electrons. The van der Waals surface area contributed by atoms with Gasteiger partial charge in [-0.15, -0.1) is 0 Å². The second kappa shape index (κ2) is 6.02. The zero-order valence-electron chi connectivity index (χ0n) is 12.6. The molecule has 1 aromatic rings. The first-order valence-electron chi connectivity index (χ1n) is 6.66. The van der Waals surface area contributed by atoms with E-state index in [9.17, 15) is 0 Å². The average molecular weight is 393 g/mol. The van der Waals surface area contributed by atoms with Crippen molar-refractivity contribution >= 4 is 38.7 Å². The summed E-state index contributed by atoms with van der Waals surface area (Å²) in [6, 6.07) is 11.1. The normalized spacial score (nSPS) is 16.4. The van der Waals surface area contributed by atoms with Crippen LogP contribution < -0.4 is 5.30 Å². The maximum atomic E-state index is 6.60. The van der Waals surface area contributed by atoms with Crippen molar-refractivity contribution in [3.63, 3.8) is 0 Å². The molecule has 0 saturated carbocycles. The van der Waals surface area contributed by atoms with Crippen molar-refractivity contribution in [2.24, 2.45) is 0 Å². The van der Waals surface area contributed by atoms with Crippen LogP contribution in [0.1, 0.15) is 20.8 Å². The van der Waals surface area contributed by atoms with Crippen LogP contribution in [0.2, 0.25) is 14.3 Å². The summed E-state index contributed by atoms with van der Waals surface area (Å²) in [5.74, 6) is 0. The van der Waals surface area contributed by atoms with Crippen LogP contribution in [0.5, 0.6) is 0 Å². The molecule has 0 N–H and O–H groups in total. The van der Waals surface area contributed by atoms with Crippen LogP contribution in [0, 0.1) is 0 Å². The van der Waals surface area contributed by atoms with Gasteiger partial charge in [-0.05, 0) is 0 Å². The number of halogens is 1. The summed E-state index contributed by atoms with van der Waals surface area (Å²) in [7, 11) is 5.47. The first-order valence-corrected chi connectivity index (χ1v) is 20.4. The van der Waals surface area contributed by atoms with Crippen molar-refractivity contribution in [1.29, 1.82) is 0 Å².